The Balaban J connectivity index is 1.41. The number of urea groups is 1. The molecule has 1 saturated heterocycles. The molecular weight excluding hydrogens is 613 g/mol. The van der Waals surface area contributed by atoms with Gasteiger partial charge in [0.2, 0.25) is 11.8 Å². The van der Waals surface area contributed by atoms with Crippen molar-refractivity contribution in [3.8, 4) is 5.75 Å². The first-order valence-corrected chi connectivity index (χ1v) is 16.2. The van der Waals surface area contributed by atoms with Gasteiger partial charge in [-0.2, -0.15) is 0 Å². The van der Waals surface area contributed by atoms with Crippen molar-refractivity contribution in [3.63, 3.8) is 0 Å². The van der Waals surface area contributed by atoms with E-state index in [2.05, 4.69) is 10.6 Å². The molecular formula is C37H42FN5O5. The van der Waals surface area contributed by atoms with Crippen LogP contribution in [0.2, 0.25) is 0 Å². The van der Waals surface area contributed by atoms with E-state index in [9.17, 15) is 18.8 Å². The fraction of sp³-hybridized carbons (Fsp3) is 0.324. The maximum absolute atomic E-state index is 14.3. The van der Waals surface area contributed by atoms with Crippen molar-refractivity contribution >= 4 is 28.6 Å². The van der Waals surface area contributed by atoms with Gasteiger partial charge in [-0.25, -0.2) is 14.2 Å². The van der Waals surface area contributed by atoms with E-state index in [1.807, 2.05) is 68.4 Å². The molecule has 4 amide bonds. The Morgan fingerprint density at radius 2 is 1.69 bits per heavy atom. The molecule has 0 unspecified atom stereocenters. The quantitative estimate of drug-likeness (QED) is 0.223. The van der Waals surface area contributed by atoms with Crippen molar-refractivity contribution in [3.05, 3.63) is 114 Å². The lowest BCUT2D eigenvalue weighted by Crippen LogP contribution is -2.57. The number of nitrogens with zero attached hydrogens (tertiary/aromatic N) is 3. The molecule has 1 aliphatic heterocycles. The molecule has 11 heteroatoms. The number of fused-ring (bicyclic) bond motifs is 1. The first kappa shape index (κ1) is 34.3. The minimum Gasteiger partial charge on any atom is -0.491 e. The lowest BCUT2D eigenvalue weighted by Gasteiger charge is -2.37. The predicted octanol–water partition coefficient (Wildman–Crippen LogP) is 4.26. The Labute approximate surface area is 280 Å². The third kappa shape index (κ3) is 8.87. The largest absolute Gasteiger partial charge is 0.491 e. The van der Waals surface area contributed by atoms with Gasteiger partial charge in [-0.1, -0.05) is 66.7 Å². The van der Waals surface area contributed by atoms with Crippen LogP contribution in [0.4, 0.5) is 9.18 Å². The number of aliphatic hydroxyl groups excluding tert-OH is 1. The summed E-state index contributed by atoms with van der Waals surface area (Å²) in [7, 11) is 0. The highest BCUT2D eigenvalue weighted by atomic mass is 19.1. The maximum atomic E-state index is 14.3. The second kappa shape index (κ2) is 16.2. The molecule has 48 heavy (non-hydrogen) atoms. The van der Waals surface area contributed by atoms with Gasteiger partial charge in [0, 0.05) is 38.6 Å². The molecule has 1 aliphatic rings. The number of nitrogens with one attached hydrogen (secondary N) is 2. The monoisotopic (exact) mass is 655 g/mol. The molecule has 0 aromatic heterocycles. The smallest absolute Gasteiger partial charge is 0.332 e. The summed E-state index contributed by atoms with van der Waals surface area (Å²) in [5, 5.41) is 20.2. The van der Waals surface area contributed by atoms with Crippen LogP contribution in [0.1, 0.15) is 30.5 Å². The number of carbonyl (C=O) groups excluding carboxylic acids is 3. The van der Waals surface area contributed by atoms with Gasteiger partial charge in [0.15, 0.2) is 0 Å². The molecule has 0 aliphatic carbocycles. The number of hydrogen-bond donors (Lipinski definition) is 3. The molecule has 0 radical (unpaired) electrons. The molecule has 5 rings (SSSR count). The summed E-state index contributed by atoms with van der Waals surface area (Å²) in [5.41, 5.74) is 2.54. The summed E-state index contributed by atoms with van der Waals surface area (Å²) in [6.07, 6.45) is 0.253. The number of hydrazine groups is 1. The zero-order valence-corrected chi connectivity index (χ0v) is 27.3. The number of amides is 4. The zero-order chi connectivity index (χ0) is 34.0. The van der Waals surface area contributed by atoms with E-state index in [0.29, 0.717) is 12.3 Å². The van der Waals surface area contributed by atoms with E-state index in [4.69, 9.17) is 9.84 Å². The first-order valence-electron chi connectivity index (χ1n) is 16.2. The Morgan fingerprint density at radius 1 is 0.979 bits per heavy atom. The van der Waals surface area contributed by atoms with E-state index in [0.717, 1.165) is 27.5 Å². The molecule has 1 atom stereocenters. The second-order valence-electron chi connectivity index (χ2n) is 12.0. The lowest BCUT2D eigenvalue weighted by molar-refractivity contribution is -0.136. The average Bonchev–Trinajstić information content (AvgIpc) is 3.13. The number of halogens is 1. The van der Waals surface area contributed by atoms with Crippen LogP contribution >= 0.6 is 0 Å². The summed E-state index contributed by atoms with van der Waals surface area (Å²) in [6, 6.07) is 25.5. The zero-order valence-electron chi connectivity index (χ0n) is 27.3. The SMILES string of the molecule is CC(C)N(C(=O)NCc1ccc(F)cc1)N1CCN(Cc2cccc3ccccc23)C(=O)[C@H](Cc2ccc(OCCO)cc2)NC(=O)C1. The Kier molecular flexibility index (Phi) is 11.6. The van der Waals surface area contributed by atoms with Gasteiger partial charge in [-0.05, 0) is 65.6 Å². The van der Waals surface area contributed by atoms with Crippen LogP contribution in [0.5, 0.6) is 5.75 Å². The molecule has 0 bridgehead atoms. The van der Waals surface area contributed by atoms with Gasteiger partial charge in [-0.15, -0.1) is 0 Å². The van der Waals surface area contributed by atoms with Crippen LogP contribution in [0.3, 0.4) is 0 Å². The molecule has 10 nitrogen and oxygen atoms in total. The summed E-state index contributed by atoms with van der Waals surface area (Å²) < 4.78 is 18.9. The summed E-state index contributed by atoms with van der Waals surface area (Å²) in [5.74, 6) is -0.380. The highest BCUT2D eigenvalue weighted by Crippen LogP contribution is 2.22. The minimum atomic E-state index is -0.851. The third-order valence-corrected chi connectivity index (χ3v) is 8.22. The van der Waals surface area contributed by atoms with E-state index < -0.39 is 12.1 Å². The number of carbonyl (C=O) groups is 3. The van der Waals surface area contributed by atoms with Crippen molar-refractivity contribution in [2.45, 2.75) is 45.4 Å². The Morgan fingerprint density at radius 3 is 2.42 bits per heavy atom. The van der Waals surface area contributed by atoms with Crippen LogP contribution in [0, 0.1) is 5.82 Å². The highest BCUT2D eigenvalue weighted by Gasteiger charge is 2.33. The van der Waals surface area contributed by atoms with Crippen molar-refractivity contribution in [2.24, 2.45) is 0 Å². The molecule has 1 heterocycles. The van der Waals surface area contributed by atoms with E-state index in [1.54, 1.807) is 34.2 Å². The second-order valence-corrected chi connectivity index (χ2v) is 12.0. The number of rotatable bonds is 11. The normalized spacial score (nSPS) is 15.9. The molecule has 0 saturated carbocycles. The summed E-state index contributed by atoms with van der Waals surface area (Å²) in [4.78, 5) is 43.2. The number of ether oxygens (including phenoxy) is 1. The van der Waals surface area contributed by atoms with Crippen molar-refractivity contribution < 1.29 is 28.6 Å². The van der Waals surface area contributed by atoms with Crippen molar-refractivity contribution in [1.82, 2.24) is 25.6 Å². The molecule has 4 aromatic carbocycles. The van der Waals surface area contributed by atoms with Crippen LogP contribution < -0.4 is 15.4 Å². The van der Waals surface area contributed by atoms with Gasteiger partial charge in [0.25, 0.3) is 0 Å². The van der Waals surface area contributed by atoms with Gasteiger partial charge >= 0.3 is 6.03 Å². The van der Waals surface area contributed by atoms with Crippen LogP contribution in [-0.4, -0.2) is 82.8 Å². The van der Waals surface area contributed by atoms with Crippen molar-refractivity contribution in [2.75, 3.05) is 32.8 Å². The number of benzene rings is 4. The summed E-state index contributed by atoms with van der Waals surface area (Å²) >= 11 is 0. The highest BCUT2D eigenvalue weighted by molar-refractivity contribution is 5.90. The fourth-order valence-corrected chi connectivity index (χ4v) is 5.90. The average molecular weight is 656 g/mol. The van der Waals surface area contributed by atoms with E-state index in [1.165, 1.54) is 17.1 Å². The molecule has 252 valence electrons. The van der Waals surface area contributed by atoms with Gasteiger partial charge in [0.1, 0.15) is 24.2 Å². The molecule has 1 fully saturated rings. The lowest BCUT2D eigenvalue weighted by atomic mass is 10.0. The topological polar surface area (TPSA) is 114 Å². The molecule has 4 aromatic rings. The Hall–Kier alpha value is -5.00. The van der Waals surface area contributed by atoms with Crippen molar-refractivity contribution in [1.29, 1.82) is 0 Å². The van der Waals surface area contributed by atoms with E-state index in [-0.39, 0.29) is 69.5 Å². The summed E-state index contributed by atoms with van der Waals surface area (Å²) in [6.45, 7) is 4.64. The minimum absolute atomic E-state index is 0.0991. The van der Waals surface area contributed by atoms with Crippen LogP contribution in [0.25, 0.3) is 10.8 Å². The van der Waals surface area contributed by atoms with Gasteiger partial charge < -0.3 is 25.4 Å². The van der Waals surface area contributed by atoms with Crippen LogP contribution in [0.15, 0.2) is 91.0 Å². The first-order chi connectivity index (χ1) is 23.2. The standard InChI is InChI=1S/C37H42FN5O5/c1-26(2)43(37(47)39-23-28-10-14-31(38)15-11-28)42-19-18-41(24-30-8-5-7-29-6-3-4-9-33(29)30)36(46)34(40-35(45)25-42)22-27-12-16-32(17-13-27)48-21-20-44/h3-17,26,34,44H,18-25H2,1-2H3,(H,39,47)(H,40,45)/t34-/m0/s1. The van der Waals surface area contributed by atoms with Gasteiger partial charge in [-0.3, -0.25) is 14.6 Å². The molecule has 3 N–H and O–H groups in total. The van der Waals surface area contributed by atoms with E-state index >= 15 is 0 Å². The Bertz CT molecular complexity index is 1690. The maximum Gasteiger partial charge on any atom is 0.332 e. The number of aliphatic hydroxyl groups is 1. The van der Waals surface area contributed by atoms with Gasteiger partial charge in [0.05, 0.1) is 13.2 Å². The predicted molar refractivity (Wildman–Crippen MR) is 181 cm³/mol. The molecule has 0 spiro atoms. The number of hydrogen-bond acceptors (Lipinski definition) is 6. The fourth-order valence-electron chi connectivity index (χ4n) is 5.90. The van der Waals surface area contributed by atoms with Crippen LogP contribution in [-0.2, 0) is 29.1 Å². The third-order valence-electron chi connectivity index (χ3n) is 8.22.